The molecule has 0 radical (unpaired) electrons. The zero-order valence-electron chi connectivity index (χ0n) is 14.4. The molecule has 0 aliphatic carbocycles. The second-order valence-corrected chi connectivity index (χ2v) is 6.50. The summed E-state index contributed by atoms with van der Waals surface area (Å²) in [6.45, 7) is 2.76. The molecule has 1 aromatic heterocycles. The first-order chi connectivity index (χ1) is 12.6. The van der Waals surface area contributed by atoms with Gasteiger partial charge in [-0.15, -0.1) is 0 Å². The van der Waals surface area contributed by atoms with Crippen LogP contribution in [0.1, 0.15) is 6.92 Å². The fourth-order valence-electron chi connectivity index (χ4n) is 3.60. The van der Waals surface area contributed by atoms with E-state index in [0.717, 1.165) is 11.0 Å². The number of nitrogens with zero attached hydrogens (tertiary/aromatic N) is 2. The smallest absolute Gasteiger partial charge is 0.243 e. The SMILES string of the molecule is CC1C(=O)NCCN1C(=O)Cn1c2ccccc2c(=O)c2ccccc21. The Kier molecular flexibility index (Phi) is 3.95. The number of hydrogen-bond donors (Lipinski definition) is 1. The van der Waals surface area contributed by atoms with Gasteiger partial charge >= 0.3 is 0 Å². The van der Waals surface area contributed by atoms with Crippen LogP contribution in [0.4, 0.5) is 0 Å². The molecular formula is C20H19N3O3. The Morgan fingerprint density at radius 3 is 2.23 bits per heavy atom. The fraction of sp³-hybridized carbons (Fsp3) is 0.250. The van der Waals surface area contributed by atoms with Crippen LogP contribution in [0.15, 0.2) is 53.3 Å². The third-order valence-electron chi connectivity index (χ3n) is 4.99. The molecule has 2 amide bonds. The van der Waals surface area contributed by atoms with Crippen molar-refractivity contribution < 1.29 is 9.59 Å². The predicted octanol–water partition coefficient (Wildman–Crippen LogP) is 1.50. The molecule has 1 fully saturated rings. The number of rotatable bonds is 2. The van der Waals surface area contributed by atoms with Crippen molar-refractivity contribution in [1.29, 1.82) is 0 Å². The maximum absolute atomic E-state index is 12.9. The number of fused-ring (bicyclic) bond motifs is 2. The van der Waals surface area contributed by atoms with Crippen LogP contribution in [0.25, 0.3) is 21.8 Å². The zero-order chi connectivity index (χ0) is 18.3. The van der Waals surface area contributed by atoms with E-state index in [2.05, 4.69) is 5.32 Å². The summed E-state index contributed by atoms with van der Waals surface area (Å²) in [7, 11) is 0. The van der Waals surface area contributed by atoms with Crippen LogP contribution >= 0.6 is 0 Å². The van der Waals surface area contributed by atoms with E-state index in [1.807, 2.05) is 41.0 Å². The molecule has 1 atom stereocenters. The summed E-state index contributed by atoms with van der Waals surface area (Å²) in [6.07, 6.45) is 0. The van der Waals surface area contributed by atoms with Crippen LogP contribution in [0.2, 0.25) is 0 Å². The van der Waals surface area contributed by atoms with Gasteiger partial charge in [0, 0.05) is 23.9 Å². The van der Waals surface area contributed by atoms with Crippen LogP contribution in [0, 0.1) is 0 Å². The molecule has 6 heteroatoms. The molecule has 26 heavy (non-hydrogen) atoms. The number of hydrogen-bond acceptors (Lipinski definition) is 3. The third kappa shape index (κ3) is 2.54. The topological polar surface area (TPSA) is 71.4 Å². The van der Waals surface area contributed by atoms with Gasteiger partial charge in [-0.25, -0.2) is 0 Å². The van der Waals surface area contributed by atoms with Gasteiger partial charge in [-0.2, -0.15) is 0 Å². The molecule has 2 heterocycles. The van der Waals surface area contributed by atoms with Crippen molar-refractivity contribution in [2.75, 3.05) is 13.1 Å². The van der Waals surface area contributed by atoms with E-state index in [9.17, 15) is 14.4 Å². The van der Waals surface area contributed by atoms with E-state index < -0.39 is 6.04 Å². The molecule has 0 saturated carbocycles. The van der Waals surface area contributed by atoms with E-state index in [0.29, 0.717) is 23.9 Å². The predicted molar refractivity (Wildman–Crippen MR) is 99.9 cm³/mol. The summed E-state index contributed by atoms with van der Waals surface area (Å²) in [6, 6.07) is 14.1. The Balaban J connectivity index is 1.85. The zero-order valence-corrected chi connectivity index (χ0v) is 14.4. The fourth-order valence-corrected chi connectivity index (χ4v) is 3.60. The second kappa shape index (κ2) is 6.29. The first-order valence-corrected chi connectivity index (χ1v) is 8.65. The molecule has 132 valence electrons. The molecule has 1 aliphatic heterocycles. The van der Waals surface area contributed by atoms with Crippen LogP contribution in [0.3, 0.4) is 0 Å². The highest BCUT2D eigenvalue weighted by molar-refractivity contribution is 5.95. The normalized spacial score (nSPS) is 17.5. The monoisotopic (exact) mass is 349 g/mol. The van der Waals surface area contributed by atoms with Gasteiger partial charge in [-0.3, -0.25) is 14.4 Å². The number of para-hydroxylation sites is 2. The number of carbonyl (C=O) groups excluding carboxylic acids is 2. The molecule has 6 nitrogen and oxygen atoms in total. The molecule has 4 rings (SSSR count). The lowest BCUT2D eigenvalue weighted by Crippen LogP contribution is -2.56. The molecule has 2 aromatic carbocycles. The number of pyridine rings is 1. The van der Waals surface area contributed by atoms with Crippen molar-refractivity contribution >= 4 is 33.6 Å². The summed E-state index contributed by atoms with van der Waals surface area (Å²) in [5, 5.41) is 3.94. The van der Waals surface area contributed by atoms with Gasteiger partial charge in [-0.05, 0) is 31.2 Å². The average molecular weight is 349 g/mol. The molecule has 3 aromatic rings. The number of piperazine rings is 1. The van der Waals surface area contributed by atoms with Crippen molar-refractivity contribution in [3.05, 3.63) is 58.8 Å². The molecule has 1 unspecified atom stereocenters. The maximum atomic E-state index is 12.9. The van der Waals surface area contributed by atoms with Crippen LogP contribution in [0.5, 0.6) is 0 Å². The van der Waals surface area contributed by atoms with Gasteiger partial charge in [0.25, 0.3) is 0 Å². The minimum atomic E-state index is -0.492. The standard InChI is InChI=1S/C20H19N3O3/c1-13-20(26)21-10-11-22(13)18(24)12-23-16-8-4-2-6-14(16)19(25)15-7-3-5-9-17(15)23/h2-9,13H,10-12H2,1H3,(H,21,26). The summed E-state index contributed by atoms with van der Waals surface area (Å²) >= 11 is 0. The van der Waals surface area contributed by atoms with E-state index in [1.54, 1.807) is 24.0 Å². The number of aromatic nitrogens is 1. The third-order valence-corrected chi connectivity index (χ3v) is 4.99. The van der Waals surface area contributed by atoms with Crippen LogP contribution in [-0.2, 0) is 16.1 Å². The first-order valence-electron chi connectivity index (χ1n) is 8.65. The van der Waals surface area contributed by atoms with Gasteiger partial charge in [-0.1, -0.05) is 24.3 Å². The van der Waals surface area contributed by atoms with Crippen molar-refractivity contribution in [3.8, 4) is 0 Å². The van der Waals surface area contributed by atoms with Crippen LogP contribution < -0.4 is 10.7 Å². The Morgan fingerprint density at radius 2 is 1.62 bits per heavy atom. The Hall–Kier alpha value is -3.15. The Morgan fingerprint density at radius 1 is 1.04 bits per heavy atom. The molecule has 0 spiro atoms. The van der Waals surface area contributed by atoms with Crippen molar-refractivity contribution in [2.24, 2.45) is 0 Å². The minimum Gasteiger partial charge on any atom is -0.353 e. The number of nitrogens with one attached hydrogen (secondary N) is 1. The van der Waals surface area contributed by atoms with E-state index >= 15 is 0 Å². The molecule has 1 aliphatic rings. The summed E-state index contributed by atoms with van der Waals surface area (Å²) in [5.74, 6) is -0.273. The van der Waals surface area contributed by atoms with Crippen LogP contribution in [-0.4, -0.2) is 40.4 Å². The van der Waals surface area contributed by atoms with Crippen molar-refractivity contribution in [1.82, 2.24) is 14.8 Å². The van der Waals surface area contributed by atoms with Gasteiger partial charge < -0.3 is 14.8 Å². The summed E-state index contributed by atoms with van der Waals surface area (Å²) in [5.41, 5.74) is 1.41. The van der Waals surface area contributed by atoms with Gasteiger partial charge in [0.2, 0.25) is 11.8 Å². The summed E-state index contributed by atoms with van der Waals surface area (Å²) in [4.78, 5) is 39.2. The Bertz CT molecular complexity index is 1030. The molecule has 0 bridgehead atoms. The first kappa shape index (κ1) is 16.3. The number of benzene rings is 2. The minimum absolute atomic E-state index is 0.0365. The average Bonchev–Trinajstić information content (AvgIpc) is 2.67. The lowest BCUT2D eigenvalue weighted by Gasteiger charge is -2.33. The van der Waals surface area contributed by atoms with E-state index in [-0.39, 0.29) is 23.8 Å². The highest BCUT2D eigenvalue weighted by Gasteiger charge is 2.29. The van der Waals surface area contributed by atoms with Gasteiger partial charge in [0.1, 0.15) is 12.6 Å². The number of amides is 2. The second-order valence-electron chi connectivity index (χ2n) is 6.50. The highest BCUT2D eigenvalue weighted by Crippen LogP contribution is 2.20. The summed E-state index contributed by atoms with van der Waals surface area (Å²) < 4.78 is 1.87. The molecule has 1 N–H and O–H groups in total. The lowest BCUT2D eigenvalue weighted by atomic mass is 10.1. The lowest BCUT2D eigenvalue weighted by molar-refractivity contribution is -0.142. The number of carbonyl (C=O) groups is 2. The highest BCUT2D eigenvalue weighted by atomic mass is 16.2. The molecule has 1 saturated heterocycles. The van der Waals surface area contributed by atoms with E-state index in [4.69, 9.17) is 0 Å². The Labute approximate surface area is 150 Å². The van der Waals surface area contributed by atoms with Gasteiger partial charge in [0.15, 0.2) is 5.43 Å². The maximum Gasteiger partial charge on any atom is 0.243 e. The van der Waals surface area contributed by atoms with Crippen molar-refractivity contribution in [2.45, 2.75) is 19.5 Å². The van der Waals surface area contributed by atoms with Gasteiger partial charge in [0.05, 0.1) is 11.0 Å². The quantitative estimate of drug-likeness (QED) is 0.713. The molecular weight excluding hydrogens is 330 g/mol. The van der Waals surface area contributed by atoms with Crippen molar-refractivity contribution in [3.63, 3.8) is 0 Å². The van der Waals surface area contributed by atoms with E-state index in [1.165, 1.54) is 0 Å². The largest absolute Gasteiger partial charge is 0.353 e.